The van der Waals surface area contributed by atoms with Crippen molar-refractivity contribution in [3.05, 3.63) is 50.6 Å². The maximum absolute atomic E-state index is 13.3. The molecular formula is C27H33ClN6O3S. The van der Waals surface area contributed by atoms with Gasteiger partial charge in [0.1, 0.15) is 11.5 Å². The molecule has 38 heavy (non-hydrogen) atoms. The highest BCUT2D eigenvalue weighted by molar-refractivity contribution is 7.13. The van der Waals surface area contributed by atoms with Crippen LogP contribution in [0.3, 0.4) is 0 Å². The maximum atomic E-state index is 13.3. The van der Waals surface area contributed by atoms with Crippen molar-refractivity contribution >= 4 is 51.4 Å². The van der Waals surface area contributed by atoms with Gasteiger partial charge in [-0.3, -0.25) is 14.4 Å². The number of thiazole rings is 1. The smallest absolute Gasteiger partial charge is 0.280 e. The molecule has 5 rings (SSSR count). The normalized spacial score (nSPS) is 21.9. The van der Waals surface area contributed by atoms with E-state index in [9.17, 15) is 14.4 Å². The molecule has 2 amide bonds. The van der Waals surface area contributed by atoms with Crippen LogP contribution in [0.4, 0.5) is 0 Å². The zero-order chi connectivity index (χ0) is 27.0. The Morgan fingerprint density at radius 2 is 1.95 bits per heavy atom. The van der Waals surface area contributed by atoms with Crippen LogP contribution in [0.5, 0.6) is 0 Å². The number of aromatic amines is 1. The van der Waals surface area contributed by atoms with Crippen LogP contribution in [0.1, 0.15) is 50.1 Å². The molecule has 3 heterocycles. The second kappa shape index (κ2) is 11.1. The van der Waals surface area contributed by atoms with Gasteiger partial charge < -0.3 is 25.4 Å². The fraction of sp³-hybridized carbons (Fsp3) is 0.481. The lowest BCUT2D eigenvalue weighted by Crippen LogP contribution is -2.55. The minimum Gasteiger partial charge on any atom is -0.351 e. The number of hydrogen-bond donors (Lipinski definition) is 3. The largest absolute Gasteiger partial charge is 0.351 e. The minimum atomic E-state index is -0.390. The van der Waals surface area contributed by atoms with Crippen molar-refractivity contribution in [1.29, 1.82) is 0 Å². The summed E-state index contributed by atoms with van der Waals surface area (Å²) >= 11 is 7.53. The number of fused-ring (bicyclic) bond motifs is 2. The highest BCUT2D eigenvalue weighted by Gasteiger charge is 2.36. The quantitative estimate of drug-likeness (QED) is 0.412. The van der Waals surface area contributed by atoms with E-state index in [2.05, 4.69) is 32.5 Å². The highest BCUT2D eigenvalue weighted by atomic mass is 35.5. The first-order chi connectivity index (χ1) is 18.2. The molecule has 0 spiro atoms. The molecule has 202 valence electrons. The molecule has 0 radical (unpaired) electrons. The molecule has 1 aliphatic heterocycles. The van der Waals surface area contributed by atoms with Crippen LogP contribution in [0.15, 0.2) is 24.3 Å². The number of likely N-dealkylation sites (N-methyl/N-ethyl adjacent to an activating group) is 2. The van der Waals surface area contributed by atoms with Gasteiger partial charge in [0.2, 0.25) is 0 Å². The van der Waals surface area contributed by atoms with Crippen molar-refractivity contribution in [3.8, 4) is 0 Å². The third kappa shape index (κ3) is 5.93. The van der Waals surface area contributed by atoms with Crippen LogP contribution in [0.2, 0.25) is 5.02 Å². The summed E-state index contributed by atoms with van der Waals surface area (Å²) in [6, 6.07) is 6.48. The van der Waals surface area contributed by atoms with Crippen molar-refractivity contribution in [3.63, 3.8) is 0 Å². The molecule has 1 saturated carbocycles. The van der Waals surface area contributed by atoms with E-state index >= 15 is 0 Å². The van der Waals surface area contributed by atoms with Gasteiger partial charge in [0.25, 0.3) is 11.8 Å². The van der Waals surface area contributed by atoms with E-state index in [1.807, 2.05) is 25.1 Å². The Morgan fingerprint density at radius 1 is 1.16 bits per heavy atom. The highest BCUT2D eigenvalue weighted by Crippen LogP contribution is 2.29. The molecule has 3 aromatic rings. The fourth-order valence-corrected chi connectivity index (χ4v) is 6.63. The van der Waals surface area contributed by atoms with Crippen LogP contribution < -0.4 is 10.6 Å². The van der Waals surface area contributed by atoms with E-state index in [4.69, 9.17) is 11.6 Å². The van der Waals surface area contributed by atoms with Crippen molar-refractivity contribution < 1.29 is 14.4 Å². The summed E-state index contributed by atoms with van der Waals surface area (Å²) < 4.78 is 0. The average Bonchev–Trinajstić information content (AvgIpc) is 3.48. The number of amides is 2. The fourth-order valence-electron chi connectivity index (χ4n) is 5.36. The molecule has 9 nitrogen and oxygen atoms in total. The van der Waals surface area contributed by atoms with Gasteiger partial charge in [0, 0.05) is 52.3 Å². The molecule has 2 aliphatic rings. The number of carbonyl (C=O) groups excluding carboxylic acids is 3. The molecule has 3 N–H and O–H groups in total. The average molecular weight is 557 g/mol. The third-order valence-corrected chi connectivity index (χ3v) is 8.67. The Kier molecular flexibility index (Phi) is 7.85. The number of ketones is 1. The molecule has 11 heteroatoms. The van der Waals surface area contributed by atoms with E-state index in [-0.39, 0.29) is 29.6 Å². The molecule has 0 saturated heterocycles. The number of H-pyrrole nitrogens is 1. The van der Waals surface area contributed by atoms with Crippen molar-refractivity contribution in [2.45, 2.75) is 44.3 Å². The van der Waals surface area contributed by atoms with E-state index < -0.39 is 6.04 Å². The molecule has 1 fully saturated rings. The van der Waals surface area contributed by atoms with Gasteiger partial charge in [-0.25, -0.2) is 4.98 Å². The monoisotopic (exact) mass is 556 g/mol. The Bertz CT molecular complexity index is 1370. The number of nitrogens with zero attached hydrogens (tertiary/aromatic N) is 3. The maximum Gasteiger partial charge on any atom is 0.280 e. The molecular weight excluding hydrogens is 524 g/mol. The minimum absolute atomic E-state index is 0.152. The number of aromatic nitrogens is 2. The van der Waals surface area contributed by atoms with Gasteiger partial charge in [0.05, 0.1) is 18.3 Å². The zero-order valence-corrected chi connectivity index (χ0v) is 23.4. The van der Waals surface area contributed by atoms with Crippen LogP contribution in [0, 0.1) is 5.92 Å². The zero-order valence-electron chi connectivity index (χ0n) is 21.8. The molecule has 2 aromatic heterocycles. The second-order valence-electron chi connectivity index (χ2n) is 10.7. The lowest BCUT2D eigenvalue weighted by atomic mass is 9.79. The molecule has 0 unspecified atom stereocenters. The second-order valence-corrected chi connectivity index (χ2v) is 12.2. The SMILES string of the molecule is CN(C)CC(=O)[C@H]1CC[C@H](NC(=O)c2cc3cc(Cl)ccc3[nH]2)[C@H](NC(=O)c2nc3c(s2)CN(C)CC3)C1. The van der Waals surface area contributed by atoms with Crippen molar-refractivity contribution in [1.82, 2.24) is 30.4 Å². The van der Waals surface area contributed by atoms with Gasteiger partial charge in [0.15, 0.2) is 5.01 Å². The number of Topliss-reactive ketones (excluding diaryl/α,β-unsaturated/α-hetero) is 1. The summed E-state index contributed by atoms with van der Waals surface area (Å²) in [5.74, 6) is -0.534. The number of hydrogen-bond acceptors (Lipinski definition) is 7. The summed E-state index contributed by atoms with van der Waals surface area (Å²) in [4.78, 5) is 52.4. The summed E-state index contributed by atoms with van der Waals surface area (Å²) in [6.45, 7) is 2.07. The Morgan fingerprint density at radius 3 is 2.74 bits per heavy atom. The van der Waals surface area contributed by atoms with Crippen LogP contribution in [-0.4, -0.2) is 83.7 Å². The van der Waals surface area contributed by atoms with E-state index in [1.165, 1.54) is 11.3 Å². The molecule has 1 aliphatic carbocycles. The van der Waals surface area contributed by atoms with Crippen molar-refractivity contribution in [2.75, 3.05) is 34.2 Å². The van der Waals surface area contributed by atoms with E-state index in [0.717, 1.165) is 41.0 Å². The Hall–Kier alpha value is -2.79. The molecule has 3 atom stereocenters. The lowest BCUT2D eigenvalue weighted by Gasteiger charge is -2.36. The van der Waals surface area contributed by atoms with Gasteiger partial charge in [-0.1, -0.05) is 11.6 Å². The Labute approximate surface area is 230 Å². The van der Waals surface area contributed by atoms with Gasteiger partial charge in [-0.15, -0.1) is 11.3 Å². The van der Waals surface area contributed by atoms with Gasteiger partial charge in [-0.05, 0) is 64.7 Å². The first-order valence-electron chi connectivity index (χ1n) is 12.9. The van der Waals surface area contributed by atoms with Crippen LogP contribution >= 0.6 is 22.9 Å². The first kappa shape index (κ1) is 26.8. The predicted molar refractivity (Wildman–Crippen MR) is 149 cm³/mol. The number of halogens is 1. The number of nitrogens with one attached hydrogen (secondary N) is 3. The first-order valence-corrected chi connectivity index (χ1v) is 14.1. The van der Waals surface area contributed by atoms with Crippen molar-refractivity contribution in [2.24, 2.45) is 5.92 Å². The molecule has 1 aromatic carbocycles. The number of benzene rings is 1. The standard InChI is InChI=1S/C27H33ClN6O3S/c1-33(2)13-23(35)15-4-6-19(30-25(36)22-12-16-10-17(28)5-7-18(16)29-22)21(11-15)31-26(37)27-32-20-8-9-34(3)14-24(20)38-27/h5,7,10,12,15,19,21,29H,4,6,8-9,11,13-14H2,1-3H3,(H,30,36)(H,31,37)/t15-,19-,21+/m0/s1. The summed E-state index contributed by atoms with van der Waals surface area (Å²) in [5, 5.41) is 8.12. The summed E-state index contributed by atoms with van der Waals surface area (Å²) in [6.07, 6.45) is 2.55. The Balaban J connectivity index is 1.33. The van der Waals surface area contributed by atoms with E-state index in [0.29, 0.717) is 41.5 Å². The lowest BCUT2D eigenvalue weighted by molar-refractivity contribution is -0.124. The third-order valence-electron chi connectivity index (χ3n) is 7.35. The topological polar surface area (TPSA) is 110 Å². The summed E-state index contributed by atoms with van der Waals surface area (Å²) in [5.41, 5.74) is 2.24. The predicted octanol–water partition coefficient (Wildman–Crippen LogP) is 3.09. The van der Waals surface area contributed by atoms with Gasteiger partial charge in [-0.2, -0.15) is 0 Å². The number of rotatable bonds is 7. The summed E-state index contributed by atoms with van der Waals surface area (Å²) in [7, 11) is 5.81. The van der Waals surface area contributed by atoms with Crippen LogP contribution in [-0.2, 0) is 17.8 Å². The van der Waals surface area contributed by atoms with E-state index in [1.54, 1.807) is 18.2 Å². The number of carbonyl (C=O) groups is 3. The van der Waals surface area contributed by atoms with Gasteiger partial charge >= 0.3 is 0 Å². The van der Waals surface area contributed by atoms with Crippen LogP contribution in [0.25, 0.3) is 10.9 Å². The molecule has 0 bridgehead atoms.